The molecule has 0 fully saturated rings. The average Bonchev–Trinajstić information content (AvgIpc) is 2.36. The lowest BCUT2D eigenvalue weighted by Gasteiger charge is -2.16. The van der Waals surface area contributed by atoms with E-state index in [2.05, 4.69) is 29.2 Å². The van der Waals surface area contributed by atoms with Gasteiger partial charge in [0, 0.05) is 13.0 Å². The van der Waals surface area contributed by atoms with Crippen molar-refractivity contribution < 1.29 is 10.0 Å². The molecule has 0 amide bonds. The van der Waals surface area contributed by atoms with Crippen LogP contribution in [0.1, 0.15) is 24.8 Å². The van der Waals surface area contributed by atoms with Gasteiger partial charge in [-0.1, -0.05) is 35.5 Å². The lowest BCUT2D eigenvalue weighted by atomic mass is 10.1. The van der Waals surface area contributed by atoms with Crippen molar-refractivity contribution in [3.8, 4) is 0 Å². The van der Waals surface area contributed by atoms with Gasteiger partial charge in [-0.3, -0.25) is 4.79 Å². The summed E-state index contributed by atoms with van der Waals surface area (Å²) in [6, 6.07) is 10.3. The van der Waals surface area contributed by atoms with Crippen molar-refractivity contribution in [2.75, 3.05) is 13.6 Å². The maximum absolute atomic E-state index is 11.1. The smallest absolute Gasteiger partial charge is 0.177 e. The van der Waals surface area contributed by atoms with Gasteiger partial charge in [-0.2, -0.15) is 0 Å². The van der Waals surface area contributed by atoms with Crippen molar-refractivity contribution in [3.05, 3.63) is 35.9 Å². The largest absolute Gasteiger partial charge is 0.411 e. The predicted molar refractivity (Wildman–Crippen MR) is 71.9 cm³/mol. The Kier molecular flexibility index (Phi) is 6.72. The number of unbranched alkanes of at least 4 members (excludes halogenated alkanes) is 1. The average molecular weight is 248 g/mol. The molecule has 98 valence electrons. The zero-order valence-electron chi connectivity index (χ0n) is 10.7. The molecule has 18 heavy (non-hydrogen) atoms. The Morgan fingerprint density at radius 1 is 1.33 bits per heavy atom. The number of nitrogens with zero attached hydrogens (tertiary/aromatic N) is 2. The summed E-state index contributed by atoms with van der Waals surface area (Å²) in [4.78, 5) is 13.3. The molecule has 0 aliphatic rings. The lowest BCUT2D eigenvalue weighted by molar-refractivity contribution is -0.112. The summed E-state index contributed by atoms with van der Waals surface area (Å²) in [5.41, 5.74) is 1.29. The number of carbonyl (C=O) groups is 1. The first-order valence-corrected chi connectivity index (χ1v) is 6.15. The van der Waals surface area contributed by atoms with Crippen LogP contribution in [0.3, 0.4) is 0 Å². The molecule has 1 N–H and O–H groups in total. The molecule has 0 unspecified atom stereocenters. The van der Waals surface area contributed by atoms with E-state index in [9.17, 15) is 4.79 Å². The van der Waals surface area contributed by atoms with E-state index in [-0.39, 0.29) is 5.78 Å². The van der Waals surface area contributed by atoms with E-state index in [1.54, 1.807) is 0 Å². The van der Waals surface area contributed by atoms with Crippen molar-refractivity contribution in [1.29, 1.82) is 0 Å². The van der Waals surface area contributed by atoms with Gasteiger partial charge in [0.15, 0.2) is 5.78 Å². The molecule has 0 saturated carbocycles. The summed E-state index contributed by atoms with van der Waals surface area (Å²) >= 11 is 0. The minimum absolute atomic E-state index is 0.122. The minimum atomic E-state index is -0.122. The van der Waals surface area contributed by atoms with Gasteiger partial charge >= 0.3 is 0 Å². The number of hydrogen-bond acceptors (Lipinski definition) is 4. The number of benzene rings is 1. The van der Waals surface area contributed by atoms with E-state index in [1.807, 2.05) is 18.2 Å². The van der Waals surface area contributed by atoms with Crippen LogP contribution in [-0.4, -0.2) is 35.7 Å². The molecule has 0 bridgehead atoms. The van der Waals surface area contributed by atoms with Crippen LogP contribution in [0.4, 0.5) is 0 Å². The Morgan fingerprint density at radius 3 is 2.72 bits per heavy atom. The maximum atomic E-state index is 11.1. The molecule has 1 rings (SSSR count). The zero-order chi connectivity index (χ0) is 13.2. The number of ketones is 1. The van der Waals surface area contributed by atoms with Gasteiger partial charge < -0.3 is 10.1 Å². The molecule has 0 saturated heterocycles. The Hall–Kier alpha value is -1.68. The Labute approximate surface area is 108 Å². The Balaban J connectivity index is 2.14. The third-order valence-corrected chi connectivity index (χ3v) is 2.71. The molecule has 4 heteroatoms. The topological polar surface area (TPSA) is 52.9 Å². The van der Waals surface area contributed by atoms with Crippen molar-refractivity contribution in [1.82, 2.24) is 4.90 Å². The normalized spacial score (nSPS) is 11.2. The fourth-order valence-corrected chi connectivity index (χ4v) is 1.78. The quantitative estimate of drug-likeness (QED) is 0.332. The predicted octanol–water partition coefficient (Wildman–Crippen LogP) is 2.32. The number of Topliss-reactive ketones (excluding diaryl/α,β-unsaturated/α-hetero) is 1. The molecule has 0 aromatic heterocycles. The monoisotopic (exact) mass is 248 g/mol. The lowest BCUT2D eigenvalue weighted by Crippen LogP contribution is -2.19. The second kappa shape index (κ2) is 8.42. The number of carbonyl (C=O) groups excluding carboxylic acids is 1. The number of hydrogen-bond donors (Lipinski definition) is 1. The fourth-order valence-electron chi connectivity index (χ4n) is 1.78. The Bertz CT molecular complexity index is 377. The maximum Gasteiger partial charge on any atom is 0.177 e. The third kappa shape index (κ3) is 6.15. The summed E-state index contributed by atoms with van der Waals surface area (Å²) in [5, 5.41) is 10.9. The van der Waals surface area contributed by atoms with E-state index in [1.165, 1.54) is 5.56 Å². The van der Waals surface area contributed by atoms with E-state index < -0.39 is 0 Å². The van der Waals surface area contributed by atoms with Crippen LogP contribution in [-0.2, 0) is 11.3 Å². The first kappa shape index (κ1) is 14.4. The van der Waals surface area contributed by atoms with Crippen LogP contribution in [0, 0.1) is 0 Å². The van der Waals surface area contributed by atoms with E-state index >= 15 is 0 Å². The zero-order valence-corrected chi connectivity index (χ0v) is 10.7. The van der Waals surface area contributed by atoms with Crippen LogP contribution < -0.4 is 0 Å². The third-order valence-electron chi connectivity index (χ3n) is 2.71. The first-order chi connectivity index (χ1) is 8.72. The summed E-state index contributed by atoms with van der Waals surface area (Å²) in [6.45, 7) is 1.88. The number of oxime groups is 1. The first-order valence-electron chi connectivity index (χ1n) is 6.15. The highest BCUT2D eigenvalue weighted by Crippen LogP contribution is 2.04. The van der Waals surface area contributed by atoms with E-state index in [0.29, 0.717) is 6.42 Å². The second-order valence-corrected chi connectivity index (χ2v) is 4.39. The van der Waals surface area contributed by atoms with Crippen LogP contribution in [0.15, 0.2) is 35.5 Å². The van der Waals surface area contributed by atoms with Crippen LogP contribution in [0.25, 0.3) is 0 Å². The molecule has 1 aromatic rings. The molecule has 0 aliphatic heterocycles. The van der Waals surface area contributed by atoms with Gasteiger partial charge in [-0.05, 0) is 32.0 Å². The van der Waals surface area contributed by atoms with Crippen LogP contribution >= 0.6 is 0 Å². The molecule has 1 aromatic carbocycles. The SMILES string of the molecule is CN(CCCCC(=O)C=NO)Cc1ccccc1. The minimum Gasteiger partial charge on any atom is -0.411 e. The van der Waals surface area contributed by atoms with Crippen molar-refractivity contribution >= 4 is 12.0 Å². The molecular formula is C14H20N2O2. The molecule has 0 heterocycles. The highest BCUT2D eigenvalue weighted by atomic mass is 16.4. The highest BCUT2D eigenvalue weighted by molar-refractivity contribution is 6.27. The van der Waals surface area contributed by atoms with Gasteiger partial charge in [0.25, 0.3) is 0 Å². The van der Waals surface area contributed by atoms with Crippen molar-refractivity contribution in [3.63, 3.8) is 0 Å². The number of rotatable bonds is 8. The van der Waals surface area contributed by atoms with Crippen LogP contribution in [0.2, 0.25) is 0 Å². The fraction of sp³-hybridized carbons (Fsp3) is 0.429. The summed E-state index contributed by atoms with van der Waals surface area (Å²) in [5.74, 6) is -0.122. The summed E-state index contributed by atoms with van der Waals surface area (Å²) in [6.07, 6.45) is 3.20. The second-order valence-electron chi connectivity index (χ2n) is 4.39. The van der Waals surface area contributed by atoms with Gasteiger partial charge in [0.05, 0.1) is 0 Å². The van der Waals surface area contributed by atoms with Gasteiger partial charge in [-0.15, -0.1) is 0 Å². The molecule has 0 radical (unpaired) electrons. The molecular weight excluding hydrogens is 228 g/mol. The van der Waals surface area contributed by atoms with Gasteiger partial charge in [0.1, 0.15) is 6.21 Å². The van der Waals surface area contributed by atoms with Gasteiger partial charge in [0.2, 0.25) is 0 Å². The van der Waals surface area contributed by atoms with E-state index in [4.69, 9.17) is 5.21 Å². The summed E-state index contributed by atoms with van der Waals surface area (Å²) < 4.78 is 0. The Morgan fingerprint density at radius 2 is 2.06 bits per heavy atom. The summed E-state index contributed by atoms with van der Waals surface area (Å²) in [7, 11) is 2.07. The van der Waals surface area contributed by atoms with Gasteiger partial charge in [-0.25, -0.2) is 0 Å². The van der Waals surface area contributed by atoms with Crippen molar-refractivity contribution in [2.24, 2.45) is 5.16 Å². The molecule has 0 atom stereocenters. The molecule has 4 nitrogen and oxygen atoms in total. The van der Waals surface area contributed by atoms with Crippen molar-refractivity contribution in [2.45, 2.75) is 25.8 Å². The van der Waals surface area contributed by atoms with Crippen LogP contribution in [0.5, 0.6) is 0 Å². The highest BCUT2D eigenvalue weighted by Gasteiger charge is 2.01. The standard InChI is InChI=1S/C14H20N2O2/c1-16(12-13-7-3-2-4-8-13)10-6-5-9-14(17)11-15-18/h2-4,7-8,11,18H,5-6,9-10,12H2,1H3. The van der Waals surface area contributed by atoms with E-state index in [0.717, 1.165) is 32.1 Å². The molecule has 0 aliphatic carbocycles. The molecule has 0 spiro atoms.